The zero-order valence-electron chi connectivity index (χ0n) is 11.5. The third kappa shape index (κ3) is 3.89. The molecule has 1 atom stereocenters. The van der Waals surface area contributed by atoms with Gasteiger partial charge < -0.3 is 9.47 Å². The molecule has 0 radical (unpaired) electrons. The number of hydrazine groups is 1. The van der Waals surface area contributed by atoms with Gasteiger partial charge in [-0.2, -0.15) is 0 Å². The number of rotatable bonds is 8. The summed E-state index contributed by atoms with van der Waals surface area (Å²) in [6.07, 6.45) is 2.07. The fraction of sp³-hybridized carbons (Fsp3) is 0.571. The highest BCUT2D eigenvalue weighted by molar-refractivity contribution is 5.44. The number of hydrogen-bond donors (Lipinski definition) is 2. The summed E-state index contributed by atoms with van der Waals surface area (Å²) in [6, 6.07) is 6.15. The molecule has 1 rings (SSSR count). The number of hydrogen-bond acceptors (Lipinski definition) is 4. The molecule has 4 heteroatoms. The summed E-state index contributed by atoms with van der Waals surface area (Å²) >= 11 is 0. The molecule has 0 spiro atoms. The topological polar surface area (TPSA) is 56.5 Å². The minimum Gasteiger partial charge on any atom is -0.490 e. The zero-order chi connectivity index (χ0) is 13.4. The molecular formula is C14H24N2O2. The van der Waals surface area contributed by atoms with Gasteiger partial charge in [-0.25, -0.2) is 0 Å². The van der Waals surface area contributed by atoms with E-state index in [4.69, 9.17) is 15.3 Å². The van der Waals surface area contributed by atoms with Crippen LogP contribution < -0.4 is 20.7 Å². The molecule has 1 unspecified atom stereocenters. The zero-order valence-corrected chi connectivity index (χ0v) is 11.5. The molecule has 0 saturated carbocycles. The fourth-order valence-electron chi connectivity index (χ4n) is 1.92. The molecule has 1 aromatic carbocycles. The summed E-state index contributed by atoms with van der Waals surface area (Å²) in [7, 11) is 0. The van der Waals surface area contributed by atoms with E-state index in [1.54, 1.807) is 0 Å². The third-order valence-corrected chi connectivity index (χ3v) is 2.75. The summed E-state index contributed by atoms with van der Waals surface area (Å²) < 4.78 is 11.2. The van der Waals surface area contributed by atoms with Crippen LogP contribution in [0.1, 0.15) is 45.2 Å². The molecule has 1 aromatic rings. The first-order valence-corrected chi connectivity index (χ1v) is 6.62. The van der Waals surface area contributed by atoms with Gasteiger partial charge in [-0.15, -0.1) is 0 Å². The predicted molar refractivity (Wildman–Crippen MR) is 73.8 cm³/mol. The summed E-state index contributed by atoms with van der Waals surface area (Å²) in [5.74, 6) is 7.16. The van der Waals surface area contributed by atoms with E-state index in [0.29, 0.717) is 13.2 Å². The first-order chi connectivity index (χ1) is 8.76. The lowest BCUT2D eigenvalue weighted by molar-refractivity contribution is 0.287. The van der Waals surface area contributed by atoms with E-state index in [0.717, 1.165) is 29.9 Å². The summed E-state index contributed by atoms with van der Waals surface area (Å²) in [5.41, 5.74) is 3.97. The van der Waals surface area contributed by atoms with Crippen molar-refractivity contribution in [1.29, 1.82) is 0 Å². The van der Waals surface area contributed by atoms with Gasteiger partial charge in [0.1, 0.15) is 0 Å². The van der Waals surface area contributed by atoms with E-state index in [9.17, 15) is 0 Å². The Labute approximate surface area is 109 Å². The normalized spacial score (nSPS) is 12.2. The van der Waals surface area contributed by atoms with Gasteiger partial charge in [-0.3, -0.25) is 11.3 Å². The van der Waals surface area contributed by atoms with Crippen LogP contribution in [0.3, 0.4) is 0 Å². The molecule has 18 heavy (non-hydrogen) atoms. The predicted octanol–water partition coefficient (Wildman–Crippen LogP) is 2.79. The lowest BCUT2D eigenvalue weighted by Crippen LogP contribution is -2.27. The maximum Gasteiger partial charge on any atom is 0.161 e. The minimum absolute atomic E-state index is 0.157. The van der Waals surface area contributed by atoms with Crippen LogP contribution in [0.2, 0.25) is 0 Å². The van der Waals surface area contributed by atoms with Crippen molar-refractivity contribution in [2.24, 2.45) is 5.84 Å². The monoisotopic (exact) mass is 252 g/mol. The van der Waals surface area contributed by atoms with Crippen LogP contribution in [0.25, 0.3) is 0 Å². The lowest BCUT2D eigenvalue weighted by atomic mass is 10.0. The van der Waals surface area contributed by atoms with Crippen molar-refractivity contribution >= 4 is 0 Å². The highest BCUT2D eigenvalue weighted by atomic mass is 16.5. The smallest absolute Gasteiger partial charge is 0.161 e. The van der Waals surface area contributed by atoms with Gasteiger partial charge in [0.15, 0.2) is 11.5 Å². The van der Waals surface area contributed by atoms with Crippen LogP contribution in [-0.2, 0) is 0 Å². The van der Waals surface area contributed by atoms with Gasteiger partial charge in [0.25, 0.3) is 0 Å². The van der Waals surface area contributed by atoms with Crippen molar-refractivity contribution in [3.63, 3.8) is 0 Å². The molecule has 0 aliphatic rings. The Balaban J connectivity index is 2.96. The van der Waals surface area contributed by atoms with E-state index < -0.39 is 0 Å². The summed E-state index contributed by atoms with van der Waals surface area (Å²) in [4.78, 5) is 0. The van der Waals surface area contributed by atoms with Crippen LogP contribution in [-0.4, -0.2) is 13.2 Å². The molecule has 102 valence electrons. The van der Waals surface area contributed by atoms with E-state index >= 15 is 0 Å². The molecule has 0 amide bonds. The fourth-order valence-corrected chi connectivity index (χ4v) is 1.92. The van der Waals surface area contributed by atoms with Crippen molar-refractivity contribution in [2.45, 2.75) is 39.7 Å². The second-order valence-electron chi connectivity index (χ2n) is 4.08. The summed E-state index contributed by atoms with van der Waals surface area (Å²) in [5, 5.41) is 0. The first kappa shape index (κ1) is 14.8. The second kappa shape index (κ2) is 7.95. The highest BCUT2D eigenvalue weighted by Gasteiger charge is 2.12. The average molecular weight is 252 g/mol. The van der Waals surface area contributed by atoms with Gasteiger partial charge in [0.05, 0.1) is 13.2 Å². The van der Waals surface area contributed by atoms with Crippen molar-refractivity contribution in [1.82, 2.24) is 5.43 Å². The molecule has 0 aromatic heterocycles. The Morgan fingerprint density at radius 2 is 1.78 bits per heavy atom. The molecule has 0 saturated heterocycles. The van der Waals surface area contributed by atoms with Crippen LogP contribution in [0, 0.1) is 0 Å². The Bertz CT molecular complexity index is 356. The number of ether oxygens (including phenoxy) is 2. The Hall–Kier alpha value is -1.26. The SMILES string of the molecule is CCCC(NN)c1ccc(OCC)c(OCC)c1. The quantitative estimate of drug-likeness (QED) is 0.552. The van der Waals surface area contributed by atoms with Gasteiger partial charge in [-0.05, 0) is 38.0 Å². The standard InChI is InChI=1S/C14H24N2O2/c1-4-7-12(16-15)11-8-9-13(17-5-2)14(10-11)18-6-3/h8-10,12,16H,4-7,15H2,1-3H3. The van der Waals surface area contributed by atoms with E-state index in [1.807, 2.05) is 32.0 Å². The molecule has 4 nitrogen and oxygen atoms in total. The maximum absolute atomic E-state index is 5.61. The van der Waals surface area contributed by atoms with Gasteiger partial charge >= 0.3 is 0 Å². The average Bonchev–Trinajstić information content (AvgIpc) is 2.38. The van der Waals surface area contributed by atoms with Crippen LogP contribution >= 0.6 is 0 Å². The van der Waals surface area contributed by atoms with E-state index in [2.05, 4.69) is 12.3 Å². The summed E-state index contributed by atoms with van der Waals surface area (Å²) in [6.45, 7) is 7.32. The molecule has 0 heterocycles. The first-order valence-electron chi connectivity index (χ1n) is 6.62. The number of nitrogens with two attached hydrogens (primary N) is 1. The molecule has 0 aliphatic heterocycles. The Morgan fingerprint density at radius 3 is 2.33 bits per heavy atom. The van der Waals surface area contributed by atoms with Crippen molar-refractivity contribution in [3.05, 3.63) is 23.8 Å². The largest absolute Gasteiger partial charge is 0.490 e. The van der Waals surface area contributed by atoms with E-state index in [1.165, 1.54) is 0 Å². The van der Waals surface area contributed by atoms with E-state index in [-0.39, 0.29) is 6.04 Å². The molecule has 0 fully saturated rings. The molecule has 3 N–H and O–H groups in total. The van der Waals surface area contributed by atoms with Gasteiger partial charge in [0, 0.05) is 6.04 Å². The molecule has 0 bridgehead atoms. The second-order valence-corrected chi connectivity index (χ2v) is 4.08. The molecular weight excluding hydrogens is 228 g/mol. The van der Waals surface area contributed by atoms with Crippen molar-refractivity contribution in [3.8, 4) is 11.5 Å². The minimum atomic E-state index is 0.157. The lowest BCUT2D eigenvalue weighted by Gasteiger charge is -2.18. The van der Waals surface area contributed by atoms with Crippen LogP contribution in [0.15, 0.2) is 18.2 Å². The number of benzene rings is 1. The number of nitrogens with one attached hydrogen (secondary N) is 1. The Kier molecular flexibility index (Phi) is 6.54. The van der Waals surface area contributed by atoms with Crippen LogP contribution in [0.4, 0.5) is 0 Å². The third-order valence-electron chi connectivity index (χ3n) is 2.75. The highest BCUT2D eigenvalue weighted by Crippen LogP contribution is 2.31. The Morgan fingerprint density at radius 1 is 1.11 bits per heavy atom. The van der Waals surface area contributed by atoms with Gasteiger partial charge in [-0.1, -0.05) is 19.4 Å². The maximum atomic E-state index is 5.61. The van der Waals surface area contributed by atoms with Crippen molar-refractivity contribution in [2.75, 3.05) is 13.2 Å². The van der Waals surface area contributed by atoms with Gasteiger partial charge in [0.2, 0.25) is 0 Å². The molecule has 0 aliphatic carbocycles. The van der Waals surface area contributed by atoms with Crippen LogP contribution in [0.5, 0.6) is 11.5 Å². The van der Waals surface area contributed by atoms with Crippen molar-refractivity contribution < 1.29 is 9.47 Å².